The fourth-order valence-electron chi connectivity index (χ4n) is 3.09. The number of hydrogen-bond acceptors (Lipinski definition) is 3. The Balaban J connectivity index is 1.61. The van der Waals surface area contributed by atoms with Crippen LogP contribution in [0.4, 0.5) is 0 Å². The van der Waals surface area contributed by atoms with Gasteiger partial charge in [-0.25, -0.2) is 4.98 Å². The number of nitrogens with zero attached hydrogens (tertiary/aromatic N) is 2. The second-order valence-electron chi connectivity index (χ2n) is 6.31. The van der Waals surface area contributed by atoms with Gasteiger partial charge < -0.3 is 5.32 Å². The number of fused-ring (bicyclic) bond motifs is 1. The molecule has 1 amide bonds. The third-order valence-electron chi connectivity index (χ3n) is 4.63. The molecular weight excluding hydrogens is 290 g/mol. The summed E-state index contributed by atoms with van der Waals surface area (Å²) in [5.41, 5.74) is 0.699. The average molecular weight is 313 g/mol. The van der Waals surface area contributed by atoms with Gasteiger partial charge in [0.2, 0.25) is 5.91 Å². The van der Waals surface area contributed by atoms with Gasteiger partial charge in [-0.05, 0) is 37.8 Å². The Morgan fingerprint density at radius 3 is 2.91 bits per heavy atom. The minimum atomic E-state index is -0.0262. The lowest BCUT2D eigenvalue weighted by molar-refractivity contribution is -0.121. The predicted octanol–water partition coefficient (Wildman–Crippen LogP) is 2.40. The van der Waals surface area contributed by atoms with E-state index in [2.05, 4.69) is 17.2 Å². The highest BCUT2D eigenvalue weighted by molar-refractivity contribution is 5.77. The summed E-state index contributed by atoms with van der Waals surface area (Å²) in [4.78, 5) is 28.9. The summed E-state index contributed by atoms with van der Waals surface area (Å²) in [5.74, 6) is 1.45. The summed E-state index contributed by atoms with van der Waals surface area (Å²) in [6.45, 7) is 4.51. The summed E-state index contributed by atoms with van der Waals surface area (Å²) < 4.78 is 1.67. The van der Waals surface area contributed by atoms with Gasteiger partial charge in [0.1, 0.15) is 5.82 Å². The monoisotopic (exact) mass is 313 g/mol. The number of para-hydroxylation sites is 1. The van der Waals surface area contributed by atoms with Gasteiger partial charge in [0.05, 0.1) is 10.9 Å². The van der Waals surface area contributed by atoms with Gasteiger partial charge in [-0.15, -0.1) is 0 Å². The Morgan fingerprint density at radius 1 is 1.39 bits per heavy atom. The van der Waals surface area contributed by atoms with Crippen LogP contribution in [0.5, 0.6) is 0 Å². The molecule has 0 bridgehead atoms. The maximum Gasteiger partial charge on any atom is 0.261 e. The first-order valence-corrected chi connectivity index (χ1v) is 8.35. The van der Waals surface area contributed by atoms with E-state index in [1.165, 1.54) is 0 Å². The van der Waals surface area contributed by atoms with E-state index in [0.717, 1.165) is 18.4 Å². The van der Waals surface area contributed by atoms with Crippen molar-refractivity contribution >= 4 is 16.8 Å². The number of amides is 1. The lowest BCUT2D eigenvalue weighted by Gasteiger charge is -2.10. The Kier molecular flexibility index (Phi) is 4.46. The van der Waals surface area contributed by atoms with Crippen molar-refractivity contribution in [1.82, 2.24) is 14.9 Å². The van der Waals surface area contributed by atoms with Crippen molar-refractivity contribution in [3.63, 3.8) is 0 Å². The lowest BCUT2D eigenvalue weighted by Crippen LogP contribution is -2.28. The molecule has 0 saturated heterocycles. The van der Waals surface area contributed by atoms with E-state index in [9.17, 15) is 9.59 Å². The van der Waals surface area contributed by atoms with E-state index in [1.54, 1.807) is 10.6 Å². The van der Waals surface area contributed by atoms with Gasteiger partial charge >= 0.3 is 0 Å². The smallest absolute Gasteiger partial charge is 0.261 e. The zero-order valence-corrected chi connectivity index (χ0v) is 13.7. The van der Waals surface area contributed by atoms with Crippen LogP contribution >= 0.6 is 0 Å². The zero-order valence-electron chi connectivity index (χ0n) is 13.7. The Bertz CT molecular complexity index is 781. The lowest BCUT2D eigenvalue weighted by atomic mass is 10.2. The van der Waals surface area contributed by atoms with Gasteiger partial charge in [0, 0.05) is 19.0 Å². The summed E-state index contributed by atoms with van der Waals surface area (Å²) >= 11 is 0. The van der Waals surface area contributed by atoms with Crippen LogP contribution in [0.2, 0.25) is 0 Å². The molecule has 3 rings (SSSR count). The number of nitrogens with one attached hydrogen (secondary N) is 1. The van der Waals surface area contributed by atoms with Crippen LogP contribution < -0.4 is 10.9 Å². The van der Waals surface area contributed by atoms with Crippen molar-refractivity contribution < 1.29 is 4.79 Å². The highest BCUT2D eigenvalue weighted by atomic mass is 16.1. The van der Waals surface area contributed by atoms with Gasteiger partial charge in [-0.1, -0.05) is 25.5 Å². The first-order chi connectivity index (χ1) is 11.1. The fraction of sp³-hybridized carbons (Fsp3) is 0.500. The zero-order chi connectivity index (χ0) is 16.4. The van der Waals surface area contributed by atoms with Crippen LogP contribution in [0.15, 0.2) is 29.1 Å². The molecular formula is C18H23N3O2. The molecule has 1 aliphatic rings. The van der Waals surface area contributed by atoms with Crippen LogP contribution in [0, 0.1) is 12.8 Å². The highest BCUT2D eigenvalue weighted by Crippen LogP contribution is 2.33. The first-order valence-electron chi connectivity index (χ1n) is 8.35. The third kappa shape index (κ3) is 3.44. The molecule has 1 aliphatic carbocycles. The molecule has 0 unspecified atom stereocenters. The molecule has 0 aliphatic heterocycles. The number of aromatic nitrogens is 2. The Morgan fingerprint density at radius 2 is 2.17 bits per heavy atom. The van der Waals surface area contributed by atoms with Gasteiger partial charge in [-0.3, -0.25) is 14.2 Å². The second-order valence-corrected chi connectivity index (χ2v) is 6.31. The summed E-state index contributed by atoms with van der Waals surface area (Å²) in [7, 11) is 0. The first kappa shape index (κ1) is 15.7. The molecule has 2 aromatic rings. The second kappa shape index (κ2) is 6.52. The fourth-order valence-corrected chi connectivity index (χ4v) is 3.09. The van der Waals surface area contributed by atoms with Gasteiger partial charge in [-0.2, -0.15) is 0 Å². The quantitative estimate of drug-likeness (QED) is 0.890. The molecule has 1 aromatic carbocycles. The van der Waals surface area contributed by atoms with Crippen LogP contribution in [-0.4, -0.2) is 21.5 Å². The van der Waals surface area contributed by atoms with Gasteiger partial charge in [0.15, 0.2) is 0 Å². The molecule has 1 heterocycles. The standard InChI is InChI=1S/C18H23N3O2/c1-3-13-11-16(13)20-17(22)9-6-10-21-12(2)19-15-8-5-4-7-14(15)18(21)23/h4-5,7-8,13,16H,3,6,9-11H2,1-2H3,(H,20,22)/t13-,16+/m1/s1. The third-order valence-corrected chi connectivity index (χ3v) is 4.63. The SMILES string of the molecule is CC[C@@H]1C[C@@H]1NC(=O)CCCn1c(C)nc2ccccc2c1=O. The van der Waals surface area contributed by atoms with Gasteiger partial charge in [0.25, 0.3) is 5.56 Å². The molecule has 2 atom stereocenters. The van der Waals surface area contributed by atoms with Crippen molar-refractivity contribution in [3.8, 4) is 0 Å². The molecule has 0 radical (unpaired) electrons. The largest absolute Gasteiger partial charge is 0.353 e. The Hall–Kier alpha value is -2.17. The minimum absolute atomic E-state index is 0.0262. The van der Waals surface area contributed by atoms with E-state index in [4.69, 9.17) is 0 Å². The molecule has 0 spiro atoms. The Labute approximate surface area is 135 Å². The molecule has 1 saturated carbocycles. The number of rotatable bonds is 6. The van der Waals surface area contributed by atoms with E-state index in [1.807, 2.05) is 25.1 Å². The maximum atomic E-state index is 12.5. The minimum Gasteiger partial charge on any atom is -0.353 e. The van der Waals surface area contributed by atoms with E-state index in [0.29, 0.717) is 42.6 Å². The molecule has 1 aromatic heterocycles. The molecule has 1 fully saturated rings. The summed E-state index contributed by atoms with van der Waals surface area (Å²) in [5, 5.41) is 3.69. The number of carbonyl (C=O) groups is 1. The van der Waals surface area contributed by atoms with E-state index >= 15 is 0 Å². The average Bonchev–Trinajstić information content (AvgIpc) is 3.28. The van der Waals surface area contributed by atoms with Crippen LogP contribution in [0.25, 0.3) is 10.9 Å². The van der Waals surface area contributed by atoms with Crippen molar-refractivity contribution in [2.45, 2.75) is 52.1 Å². The van der Waals surface area contributed by atoms with Crippen LogP contribution in [0.3, 0.4) is 0 Å². The predicted molar refractivity (Wildman–Crippen MR) is 90.3 cm³/mol. The summed E-state index contributed by atoms with van der Waals surface area (Å²) in [6, 6.07) is 7.74. The molecule has 23 heavy (non-hydrogen) atoms. The normalized spacial score (nSPS) is 19.7. The summed E-state index contributed by atoms with van der Waals surface area (Å²) in [6.07, 6.45) is 3.33. The van der Waals surface area contributed by atoms with Crippen molar-refractivity contribution in [2.24, 2.45) is 5.92 Å². The van der Waals surface area contributed by atoms with Crippen molar-refractivity contribution in [1.29, 1.82) is 0 Å². The van der Waals surface area contributed by atoms with Crippen molar-refractivity contribution in [3.05, 3.63) is 40.4 Å². The molecule has 5 nitrogen and oxygen atoms in total. The highest BCUT2D eigenvalue weighted by Gasteiger charge is 2.36. The van der Waals surface area contributed by atoms with Crippen LogP contribution in [-0.2, 0) is 11.3 Å². The number of benzene rings is 1. The molecule has 122 valence electrons. The van der Waals surface area contributed by atoms with E-state index in [-0.39, 0.29) is 11.5 Å². The topological polar surface area (TPSA) is 64.0 Å². The molecule has 1 N–H and O–H groups in total. The number of carbonyl (C=O) groups excluding carboxylic acids is 1. The van der Waals surface area contributed by atoms with E-state index < -0.39 is 0 Å². The van der Waals surface area contributed by atoms with Crippen molar-refractivity contribution in [2.75, 3.05) is 0 Å². The molecule has 5 heteroatoms. The van der Waals surface area contributed by atoms with Crippen LogP contribution in [0.1, 0.15) is 38.4 Å². The number of aryl methyl sites for hydroxylation is 1. The number of hydrogen-bond donors (Lipinski definition) is 1. The maximum absolute atomic E-state index is 12.5.